The van der Waals surface area contributed by atoms with Gasteiger partial charge in [-0.1, -0.05) is 19.3 Å². The molecule has 3 rings (SSSR count). The Morgan fingerprint density at radius 3 is 2.73 bits per heavy atom. The molecule has 1 aliphatic carbocycles. The largest absolute Gasteiger partial charge is 0.449 e. The molecule has 15 heavy (non-hydrogen) atoms. The number of amides is 1. The van der Waals surface area contributed by atoms with Gasteiger partial charge >= 0.3 is 6.09 Å². The smallest absolute Gasteiger partial charge is 0.410 e. The summed E-state index contributed by atoms with van der Waals surface area (Å²) in [7, 11) is 0. The van der Waals surface area contributed by atoms with Crippen molar-refractivity contribution in [2.45, 2.75) is 44.6 Å². The summed E-state index contributed by atoms with van der Waals surface area (Å²) >= 11 is 0. The molecule has 3 aliphatic rings. The normalized spacial score (nSPS) is 36.8. The number of nitrogens with zero attached hydrogens (tertiary/aromatic N) is 1. The van der Waals surface area contributed by atoms with Crippen molar-refractivity contribution in [2.75, 3.05) is 13.2 Å². The summed E-state index contributed by atoms with van der Waals surface area (Å²) < 4.78 is 5.07. The van der Waals surface area contributed by atoms with Gasteiger partial charge in [-0.05, 0) is 24.7 Å². The minimum atomic E-state index is -0.0710. The zero-order valence-corrected chi connectivity index (χ0v) is 9.15. The minimum Gasteiger partial charge on any atom is -0.449 e. The third-order valence-electron chi connectivity index (χ3n) is 4.48. The van der Waals surface area contributed by atoms with E-state index in [2.05, 4.69) is 0 Å². The molecule has 3 nitrogen and oxygen atoms in total. The molecule has 3 heteroatoms. The van der Waals surface area contributed by atoms with Crippen molar-refractivity contribution in [3.05, 3.63) is 0 Å². The highest BCUT2D eigenvalue weighted by atomic mass is 16.6. The average Bonchev–Trinajstić information content (AvgIpc) is 2.15. The second-order valence-corrected chi connectivity index (χ2v) is 5.23. The van der Waals surface area contributed by atoms with E-state index in [1.54, 1.807) is 0 Å². The molecule has 2 heterocycles. The number of hydrogen-bond acceptors (Lipinski definition) is 2. The van der Waals surface area contributed by atoms with E-state index in [0.717, 1.165) is 24.8 Å². The van der Waals surface area contributed by atoms with E-state index in [4.69, 9.17) is 4.74 Å². The Morgan fingerprint density at radius 1 is 1.13 bits per heavy atom. The van der Waals surface area contributed by atoms with Crippen molar-refractivity contribution in [3.8, 4) is 0 Å². The number of piperidine rings is 1. The van der Waals surface area contributed by atoms with Gasteiger partial charge in [0.15, 0.2) is 0 Å². The SMILES string of the molecule is O=C1OCCC2CC(C3CCC3)CCN12. The van der Waals surface area contributed by atoms with E-state index in [1.165, 1.54) is 32.1 Å². The van der Waals surface area contributed by atoms with Crippen LogP contribution in [0.4, 0.5) is 4.79 Å². The van der Waals surface area contributed by atoms with E-state index < -0.39 is 0 Å². The Morgan fingerprint density at radius 2 is 2.00 bits per heavy atom. The van der Waals surface area contributed by atoms with Gasteiger partial charge in [-0.3, -0.25) is 0 Å². The van der Waals surface area contributed by atoms with Crippen LogP contribution in [-0.4, -0.2) is 30.2 Å². The van der Waals surface area contributed by atoms with Crippen molar-refractivity contribution in [1.82, 2.24) is 4.90 Å². The molecule has 0 radical (unpaired) electrons. The minimum absolute atomic E-state index is 0.0710. The van der Waals surface area contributed by atoms with Crippen LogP contribution < -0.4 is 0 Å². The Hall–Kier alpha value is -0.730. The summed E-state index contributed by atoms with van der Waals surface area (Å²) in [5.41, 5.74) is 0. The molecule has 0 spiro atoms. The van der Waals surface area contributed by atoms with Gasteiger partial charge in [0.2, 0.25) is 0 Å². The van der Waals surface area contributed by atoms with Crippen LogP contribution in [0, 0.1) is 11.8 Å². The lowest BCUT2D eigenvalue weighted by atomic mass is 9.70. The van der Waals surface area contributed by atoms with Crippen LogP contribution in [0.25, 0.3) is 0 Å². The number of carbonyl (C=O) groups excluding carboxylic acids is 1. The second-order valence-electron chi connectivity index (χ2n) is 5.23. The van der Waals surface area contributed by atoms with E-state index in [1.807, 2.05) is 4.90 Å². The number of carbonyl (C=O) groups is 1. The molecule has 1 saturated carbocycles. The summed E-state index contributed by atoms with van der Waals surface area (Å²) in [5.74, 6) is 1.87. The second kappa shape index (κ2) is 3.69. The zero-order valence-electron chi connectivity index (χ0n) is 9.15. The van der Waals surface area contributed by atoms with Gasteiger partial charge in [-0.2, -0.15) is 0 Å². The maximum atomic E-state index is 11.5. The fourth-order valence-electron chi connectivity index (χ4n) is 3.30. The van der Waals surface area contributed by atoms with Gasteiger partial charge in [0.1, 0.15) is 0 Å². The van der Waals surface area contributed by atoms with Crippen molar-refractivity contribution in [1.29, 1.82) is 0 Å². The molecule has 2 atom stereocenters. The monoisotopic (exact) mass is 209 g/mol. The van der Waals surface area contributed by atoms with E-state index in [0.29, 0.717) is 12.6 Å². The molecule has 0 N–H and O–H groups in total. The first kappa shape index (κ1) is 9.49. The van der Waals surface area contributed by atoms with Crippen molar-refractivity contribution < 1.29 is 9.53 Å². The van der Waals surface area contributed by atoms with Crippen molar-refractivity contribution in [2.24, 2.45) is 11.8 Å². The highest BCUT2D eigenvalue weighted by Gasteiger charge is 2.39. The fourth-order valence-corrected chi connectivity index (χ4v) is 3.30. The molecule has 1 amide bonds. The summed E-state index contributed by atoms with van der Waals surface area (Å²) in [4.78, 5) is 13.4. The summed E-state index contributed by atoms with van der Waals surface area (Å²) in [6.45, 7) is 1.57. The van der Waals surface area contributed by atoms with Crippen LogP contribution >= 0.6 is 0 Å². The van der Waals surface area contributed by atoms with Crippen LogP contribution in [0.15, 0.2) is 0 Å². The zero-order chi connectivity index (χ0) is 10.3. The number of rotatable bonds is 1. The summed E-state index contributed by atoms with van der Waals surface area (Å²) in [6, 6.07) is 0.491. The molecule has 0 aromatic carbocycles. The van der Waals surface area contributed by atoms with Crippen molar-refractivity contribution >= 4 is 6.09 Å². The van der Waals surface area contributed by atoms with Gasteiger partial charge in [-0.15, -0.1) is 0 Å². The van der Waals surface area contributed by atoms with Gasteiger partial charge in [-0.25, -0.2) is 4.79 Å². The third-order valence-corrected chi connectivity index (χ3v) is 4.48. The van der Waals surface area contributed by atoms with Crippen LogP contribution in [-0.2, 0) is 4.74 Å². The van der Waals surface area contributed by atoms with E-state index in [-0.39, 0.29) is 6.09 Å². The highest BCUT2D eigenvalue weighted by Crippen LogP contribution is 2.41. The van der Waals surface area contributed by atoms with Gasteiger partial charge in [0.05, 0.1) is 6.61 Å². The molecule has 2 unspecified atom stereocenters. The van der Waals surface area contributed by atoms with Crippen LogP contribution in [0.1, 0.15) is 38.5 Å². The highest BCUT2D eigenvalue weighted by molar-refractivity contribution is 5.68. The topological polar surface area (TPSA) is 29.5 Å². The number of hydrogen-bond donors (Lipinski definition) is 0. The first-order valence-corrected chi connectivity index (χ1v) is 6.28. The van der Waals surface area contributed by atoms with Gasteiger partial charge in [0.25, 0.3) is 0 Å². The molecular formula is C12H19NO2. The maximum Gasteiger partial charge on any atom is 0.410 e. The third kappa shape index (κ3) is 1.62. The van der Waals surface area contributed by atoms with Crippen LogP contribution in [0.5, 0.6) is 0 Å². The molecule has 0 bridgehead atoms. The Labute approximate surface area is 90.8 Å². The summed E-state index contributed by atoms with van der Waals surface area (Å²) in [5, 5.41) is 0. The Kier molecular flexibility index (Phi) is 2.33. The lowest BCUT2D eigenvalue weighted by Crippen LogP contribution is -2.51. The fraction of sp³-hybridized carbons (Fsp3) is 0.917. The molecule has 84 valence electrons. The number of ether oxygens (including phenoxy) is 1. The Balaban J connectivity index is 1.64. The first-order chi connectivity index (χ1) is 7.34. The lowest BCUT2D eigenvalue weighted by Gasteiger charge is -2.45. The molecule has 0 aromatic rings. The molecule has 0 aromatic heterocycles. The quantitative estimate of drug-likeness (QED) is 0.663. The Bertz CT molecular complexity index is 262. The summed E-state index contributed by atoms with van der Waals surface area (Å²) in [6.07, 6.45) is 7.71. The van der Waals surface area contributed by atoms with Gasteiger partial charge in [0, 0.05) is 19.0 Å². The predicted octanol–water partition coefficient (Wildman–Crippen LogP) is 2.41. The molecule has 3 fully saturated rings. The molecule has 2 aliphatic heterocycles. The lowest BCUT2D eigenvalue weighted by molar-refractivity contribution is 0.00274. The standard InChI is InChI=1S/C12H19NO2/c14-12-13-6-4-10(9-2-1-3-9)8-11(13)5-7-15-12/h9-11H,1-8H2. The van der Waals surface area contributed by atoms with Crippen molar-refractivity contribution in [3.63, 3.8) is 0 Å². The van der Waals surface area contributed by atoms with Crippen LogP contribution in [0.3, 0.4) is 0 Å². The number of cyclic esters (lactones) is 1. The molecule has 2 saturated heterocycles. The van der Waals surface area contributed by atoms with E-state index >= 15 is 0 Å². The molecular weight excluding hydrogens is 190 g/mol. The van der Waals surface area contributed by atoms with Crippen LogP contribution in [0.2, 0.25) is 0 Å². The van der Waals surface area contributed by atoms with E-state index in [9.17, 15) is 4.79 Å². The van der Waals surface area contributed by atoms with Gasteiger partial charge < -0.3 is 9.64 Å². The maximum absolute atomic E-state index is 11.5. The predicted molar refractivity (Wildman–Crippen MR) is 56.5 cm³/mol. The number of fused-ring (bicyclic) bond motifs is 1. The first-order valence-electron chi connectivity index (χ1n) is 6.28. The average molecular weight is 209 g/mol.